The number of alkyl halides is 1. The Hall–Kier alpha value is -0.290. The van der Waals surface area contributed by atoms with E-state index in [0.29, 0.717) is 5.02 Å². The number of rotatable bonds is 5. The van der Waals surface area contributed by atoms with Crippen LogP contribution in [0, 0.1) is 0 Å². The number of ketones is 1. The zero-order chi connectivity index (χ0) is 14.8. The van der Waals surface area contributed by atoms with Crippen molar-refractivity contribution in [2.24, 2.45) is 0 Å². The number of carbonyl (C=O) groups is 1. The van der Waals surface area contributed by atoms with Gasteiger partial charge in [0.15, 0.2) is 9.84 Å². The average Bonchev–Trinajstić information content (AvgIpc) is 2.36. The summed E-state index contributed by atoms with van der Waals surface area (Å²) in [4.78, 5) is 12.4. The number of Topliss-reactive ketones (excluding diaryl/α,β-unsaturated/α-hetero) is 1. The van der Waals surface area contributed by atoms with Crippen LogP contribution in [-0.2, 0) is 9.84 Å². The monoisotopic (exact) mass is 342 g/mol. The second-order valence-corrected chi connectivity index (χ2v) is 8.16. The first-order valence-corrected chi connectivity index (χ1v) is 8.39. The van der Waals surface area contributed by atoms with E-state index in [1.165, 1.54) is 25.1 Å². The predicted molar refractivity (Wildman–Crippen MR) is 79.1 cm³/mol. The van der Waals surface area contributed by atoms with Crippen molar-refractivity contribution >= 4 is 50.4 Å². The van der Waals surface area contributed by atoms with Gasteiger partial charge in [-0.15, -0.1) is 0 Å². The van der Waals surface area contributed by atoms with Crippen molar-refractivity contribution in [1.82, 2.24) is 0 Å². The molecule has 0 heterocycles. The van der Waals surface area contributed by atoms with Gasteiger partial charge in [-0.05, 0) is 24.6 Å². The summed E-state index contributed by atoms with van der Waals surface area (Å²) in [6.07, 6.45) is -0.0392. The lowest BCUT2D eigenvalue weighted by Gasteiger charge is -2.24. The van der Waals surface area contributed by atoms with Crippen LogP contribution >= 0.6 is 34.8 Å². The molecule has 0 saturated heterocycles. The summed E-state index contributed by atoms with van der Waals surface area (Å²) >= 11 is 17.7. The van der Waals surface area contributed by atoms with E-state index >= 15 is 0 Å². The van der Waals surface area contributed by atoms with Gasteiger partial charge in [-0.25, -0.2) is 8.42 Å². The Morgan fingerprint density at radius 1 is 1.26 bits per heavy atom. The van der Waals surface area contributed by atoms with Gasteiger partial charge < -0.3 is 0 Å². The fourth-order valence-electron chi connectivity index (χ4n) is 1.63. The smallest absolute Gasteiger partial charge is 0.207 e. The molecule has 7 heteroatoms. The quantitative estimate of drug-likeness (QED) is 0.600. The Morgan fingerprint density at radius 3 is 2.26 bits per heavy atom. The van der Waals surface area contributed by atoms with E-state index in [4.69, 9.17) is 34.8 Å². The molecule has 106 valence electrons. The van der Waals surface area contributed by atoms with Crippen molar-refractivity contribution in [2.75, 3.05) is 5.75 Å². The molecule has 0 aliphatic carbocycles. The molecule has 3 nitrogen and oxygen atoms in total. The number of hydrogen-bond acceptors (Lipinski definition) is 3. The van der Waals surface area contributed by atoms with Crippen molar-refractivity contribution in [3.63, 3.8) is 0 Å². The number of benzene rings is 1. The largest absolute Gasteiger partial charge is 0.291 e. The molecule has 0 aliphatic heterocycles. The second-order valence-electron chi connectivity index (χ2n) is 3.94. The summed E-state index contributed by atoms with van der Waals surface area (Å²) in [5, 5.41) is 0.443. The van der Waals surface area contributed by atoms with E-state index in [0.717, 1.165) is 0 Å². The van der Waals surface area contributed by atoms with Crippen LogP contribution in [-0.4, -0.2) is 24.2 Å². The molecular formula is C12H13Cl3O3S. The van der Waals surface area contributed by atoms with E-state index in [2.05, 4.69) is 0 Å². The molecule has 0 aromatic heterocycles. The minimum absolute atomic E-state index is 0.0392. The summed E-state index contributed by atoms with van der Waals surface area (Å²) in [6, 6.07) is 4.22. The van der Waals surface area contributed by atoms with Crippen LogP contribution in [0.1, 0.15) is 30.6 Å². The maximum atomic E-state index is 12.4. The Morgan fingerprint density at radius 2 is 1.84 bits per heavy atom. The van der Waals surface area contributed by atoms with Gasteiger partial charge in [0.05, 0.1) is 5.02 Å². The highest BCUT2D eigenvalue weighted by Gasteiger charge is 2.47. The van der Waals surface area contributed by atoms with Crippen molar-refractivity contribution in [1.29, 1.82) is 0 Å². The van der Waals surface area contributed by atoms with Gasteiger partial charge in [0.1, 0.15) is 0 Å². The Bertz CT molecular complexity index is 598. The molecule has 1 unspecified atom stereocenters. The first-order valence-electron chi connectivity index (χ1n) is 5.60. The molecule has 1 atom stereocenters. The van der Waals surface area contributed by atoms with Crippen molar-refractivity contribution in [3.05, 3.63) is 33.8 Å². The third-order valence-corrected chi connectivity index (χ3v) is 6.75. The molecule has 19 heavy (non-hydrogen) atoms. The van der Waals surface area contributed by atoms with Gasteiger partial charge in [-0.3, -0.25) is 4.79 Å². The Kier molecular flexibility index (Phi) is 5.29. The summed E-state index contributed by atoms with van der Waals surface area (Å²) < 4.78 is 22.1. The normalized spacial score (nSPS) is 15.0. The van der Waals surface area contributed by atoms with Gasteiger partial charge in [-0.1, -0.05) is 48.7 Å². The van der Waals surface area contributed by atoms with E-state index in [1.807, 2.05) is 0 Å². The molecule has 1 aromatic carbocycles. The molecular weight excluding hydrogens is 331 g/mol. The molecule has 0 amide bonds. The standard InChI is InChI=1S/C12H13Cl3O3S/c1-3-12(15,19(17,18)4-2)11(16)9-6-5-8(13)7-10(9)14/h5-7H,3-4H2,1-2H3. The summed E-state index contributed by atoms with van der Waals surface area (Å²) in [5.41, 5.74) is 0.0555. The van der Waals surface area contributed by atoms with Gasteiger partial charge in [0.25, 0.3) is 0 Å². The predicted octanol–water partition coefficient (Wildman–Crippen LogP) is 3.96. The van der Waals surface area contributed by atoms with E-state index in [9.17, 15) is 13.2 Å². The molecule has 0 N–H and O–H groups in total. The summed E-state index contributed by atoms with van der Waals surface area (Å²) in [5.74, 6) is -0.943. The minimum atomic E-state index is -3.76. The van der Waals surface area contributed by atoms with Crippen LogP contribution in [0.5, 0.6) is 0 Å². The van der Waals surface area contributed by atoms with Gasteiger partial charge in [0.2, 0.25) is 9.99 Å². The molecule has 1 rings (SSSR count). The average molecular weight is 344 g/mol. The van der Waals surface area contributed by atoms with Gasteiger partial charge in [0, 0.05) is 16.3 Å². The molecule has 1 aromatic rings. The first kappa shape index (κ1) is 16.8. The lowest BCUT2D eigenvalue weighted by molar-refractivity contribution is 0.0970. The fourth-order valence-corrected chi connectivity index (χ4v) is 3.84. The number of halogens is 3. The topological polar surface area (TPSA) is 51.2 Å². The lowest BCUT2D eigenvalue weighted by Crippen LogP contribution is -2.41. The summed E-state index contributed by atoms with van der Waals surface area (Å²) in [7, 11) is -3.76. The maximum absolute atomic E-state index is 12.4. The van der Waals surface area contributed by atoms with Crippen molar-refractivity contribution in [3.8, 4) is 0 Å². The number of sulfone groups is 1. The van der Waals surface area contributed by atoms with Crippen molar-refractivity contribution in [2.45, 2.75) is 24.5 Å². The zero-order valence-electron chi connectivity index (χ0n) is 10.4. The molecule has 0 bridgehead atoms. The molecule has 0 fully saturated rings. The van der Waals surface area contributed by atoms with Crippen LogP contribution in [0.2, 0.25) is 10.0 Å². The SMILES string of the molecule is CCC(Cl)(C(=O)c1ccc(Cl)cc1Cl)S(=O)(=O)CC. The van der Waals surface area contributed by atoms with Crippen LogP contribution in [0.25, 0.3) is 0 Å². The van der Waals surface area contributed by atoms with Gasteiger partial charge in [-0.2, -0.15) is 0 Å². The van der Waals surface area contributed by atoms with Gasteiger partial charge >= 0.3 is 0 Å². The molecule has 0 radical (unpaired) electrons. The third kappa shape index (κ3) is 3.07. The molecule has 0 saturated carbocycles. The highest BCUT2D eigenvalue weighted by atomic mass is 35.5. The highest BCUT2D eigenvalue weighted by molar-refractivity contribution is 7.95. The van der Waals surface area contributed by atoms with Crippen LogP contribution in [0.15, 0.2) is 18.2 Å². The van der Waals surface area contributed by atoms with E-state index < -0.39 is 19.8 Å². The van der Waals surface area contributed by atoms with E-state index in [-0.39, 0.29) is 22.8 Å². The number of hydrogen-bond donors (Lipinski definition) is 0. The zero-order valence-corrected chi connectivity index (χ0v) is 13.5. The van der Waals surface area contributed by atoms with E-state index in [1.54, 1.807) is 6.92 Å². The van der Waals surface area contributed by atoms with Crippen LogP contribution < -0.4 is 0 Å². The number of carbonyl (C=O) groups excluding carboxylic acids is 1. The molecule has 0 spiro atoms. The lowest BCUT2D eigenvalue weighted by atomic mass is 10.1. The van der Waals surface area contributed by atoms with Crippen LogP contribution in [0.3, 0.4) is 0 Å². The summed E-state index contributed by atoms with van der Waals surface area (Å²) in [6.45, 7) is 2.99. The maximum Gasteiger partial charge on any atom is 0.207 e. The third-order valence-electron chi connectivity index (χ3n) is 2.84. The minimum Gasteiger partial charge on any atom is -0.291 e. The van der Waals surface area contributed by atoms with Crippen LogP contribution in [0.4, 0.5) is 0 Å². The Labute approximate surface area is 127 Å². The highest BCUT2D eigenvalue weighted by Crippen LogP contribution is 2.34. The first-order chi connectivity index (χ1) is 8.69. The fraction of sp³-hybridized carbons (Fsp3) is 0.417. The van der Waals surface area contributed by atoms with Crippen molar-refractivity contribution < 1.29 is 13.2 Å². The second kappa shape index (κ2) is 6.00. The molecule has 0 aliphatic rings. The Balaban J connectivity index is 3.38.